The molecule has 152 valence electrons. The van der Waals surface area contributed by atoms with Gasteiger partial charge in [-0.05, 0) is 43.2 Å². The van der Waals surface area contributed by atoms with Gasteiger partial charge < -0.3 is 9.64 Å². The molecule has 1 aliphatic rings. The lowest BCUT2D eigenvalue weighted by molar-refractivity contribution is -0.138. The van der Waals surface area contributed by atoms with E-state index < -0.39 is 6.04 Å². The first-order valence-corrected chi connectivity index (χ1v) is 9.98. The Hall–Kier alpha value is -3.15. The normalized spacial score (nSPS) is 16.2. The predicted molar refractivity (Wildman–Crippen MR) is 111 cm³/mol. The zero-order chi connectivity index (χ0) is 20.8. The van der Waals surface area contributed by atoms with Crippen LogP contribution in [0.15, 0.2) is 54.6 Å². The molecule has 0 bridgehead atoms. The summed E-state index contributed by atoms with van der Waals surface area (Å²) in [5.41, 5.74) is 1.58. The molecule has 1 atom stereocenters. The van der Waals surface area contributed by atoms with E-state index in [1.54, 1.807) is 36.1 Å². The molecule has 0 unspecified atom stereocenters. The molecule has 0 N–H and O–H groups in total. The highest BCUT2D eigenvalue weighted by molar-refractivity contribution is 6.23. The number of hydrogen-bond donors (Lipinski definition) is 0. The summed E-state index contributed by atoms with van der Waals surface area (Å²) in [5, 5.41) is 0. The quantitative estimate of drug-likeness (QED) is 0.645. The lowest BCUT2D eigenvalue weighted by Gasteiger charge is -2.27. The average molecular weight is 394 g/mol. The molecule has 1 heterocycles. The third-order valence-electron chi connectivity index (χ3n) is 5.01. The summed E-state index contributed by atoms with van der Waals surface area (Å²) in [7, 11) is 0. The van der Waals surface area contributed by atoms with E-state index in [9.17, 15) is 14.4 Å². The van der Waals surface area contributed by atoms with Crippen LogP contribution in [0.25, 0.3) is 0 Å². The number of carbonyl (C=O) groups is 3. The van der Waals surface area contributed by atoms with Crippen molar-refractivity contribution in [2.24, 2.45) is 0 Å². The maximum atomic E-state index is 13.1. The van der Waals surface area contributed by atoms with Crippen molar-refractivity contribution < 1.29 is 19.1 Å². The van der Waals surface area contributed by atoms with Gasteiger partial charge in [0, 0.05) is 13.0 Å². The number of benzene rings is 2. The van der Waals surface area contributed by atoms with Crippen molar-refractivity contribution in [2.45, 2.75) is 39.2 Å². The fourth-order valence-corrected chi connectivity index (χ4v) is 3.54. The zero-order valence-electron chi connectivity index (χ0n) is 16.8. The van der Waals surface area contributed by atoms with Crippen molar-refractivity contribution in [3.05, 3.63) is 60.2 Å². The van der Waals surface area contributed by atoms with Crippen LogP contribution in [-0.4, -0.2) is 41.8 Å². The summed E-state index contributed by atoms with van der Waals surface area (Å²) >= 11 is 0. The lowest BCUT2D eigenvalue weighted by Crippen LogP contribution is -2.46. The van der Waals surface area contributed by atoms with Crippen LogP contribution in [0.2, 0.25) is 0 Å². The van der Waals surface area contributed by atoms with Crippen molar-refractivity contribution in [1.29, 1.82) is 0 Å². The first-order chi connectivity index (χ1) is 14.0. The van der Waals surface area contributed by atoms with E-state index in [2.05, 4.69) is 0 Å². The third-order valence-corrected chi connectivity index (χ3v) is 5.01. The molecule has 3 rings (SSSR count). The van der Waals surface area contributed by atoms with E-state index in [0.29, 0.717) is 31.0 Å². The van der Waals surface area contributed by atoms with E-state index in [1.807, 2.05) is 37.3 Å². The maximum absolute atomic E-state index is 13.1. The minimum atomic E-state index is -0.759. The van der Waals surface area contributed by atoms with E-state index >= 15 is 0 Å². The Morgan fingerprint density at radius 2 is 1.76 bits per heavy atom. The molecular formula is C23H26N2O4. The van der Waals surface area contributed by atoms with E-state index in [1.165, 1.54) is 4.90 Å². The number of carbonyl (C=O) groups excluding carboxylic acids is 3. The Labute approximate surface area is 171 Å². The van der Waals surface area contributed by atoms with Gasteiger partial charge in [-0.25, -0.2) is 4.90 Å². The number of rotatable bonds is 8. The Bertz CT molecular complexity index is 864. The smallest absolute Gasteiger partial charge is 0.257 e. The molecule has 0 aliphatic carbocycles. The first-order valence-electron chi connectivity index (χ1n) is 9.98. The summed E-state index contributed by atoms with van der Waals surface area (Å²) in [6.45, 7) is 4.60. The molecule has 3 amide bonds. The largest absolute Gasteiger partial charge is 0.494 e. The Morgan fingerprint density at radius 3 is 2.38 bits per heavy atom. The molecule has 6 heteroatoms. The van der Waals surface area contributed by atoms with E-state index in [4.69, 9.17) is 4.74 Å². The number of hydrogen-bond acceptors (Lipinski definition) is 4. The van der Waals surface area contributed by atoms with Crippen LogP contribution < -0.4 is 9.64 Å². The van der Waals surface area contributed by atoms with Gasteiger partial charge >= 0.3 is 0 Å². The van der Waals surface area contributed by atoms with Crippen LogP contribution >= 0.6 is 0 Å². The van der Waals surface area contributed by atoms with E-state index in [-0.39, 0.29) is 30.6 Å². The molecule has 6 nitrogen and oxygen atoms in total. The van der Waals surface area contributed by atoms with Crippen LogP contribution in [-0.2, 0) is 20.8 Å². The van der Waals surface area contributed by atoms with Crippen LogP contribution in [0.3, 0.4) is 0 Å². The zero-order valence-corrected chi connectivity index (χ0v) is 16.8. The number of ether oxygens (including phenoxy) is 1. The third kappa shape index (κ3) is 4.65. The van der Waals surface area contributed by atoms with Crippen molar-refractivity contribution in [3.63, 3.8) is 0 Å². The van der Waals surface area contributed by atoms with Crippen LogP contribution in [0, 0.1) is 0 Å². The second-order valence-electron chi connectivity index (χ2n) is 6.89. The number of anilines is 1. The van der Waals surface area contributed by atoms with Gasteiger partial charge in [-0.15, -0.1) is 0 Å². The van der Waals surface area contributed by atoms with E-state index in [0.717, 1.165) is 5.56 Å². The topological polar surface area (TPSA) is 66.9 Å². The second-order valence-corrected chi connectivity index (χ2v) is 6.89. The predicted octanol–water partition coefficient (Wildman–Crippen LogP) is 3.20. The lowest BCUT2D eigenvalue weighted by atomic mass is 10.1. The number of nitrogens with zero attached hydrogens (tertiary/aromatic N) is 2. The maximum Gasteiger partial charge on any atom is 0.257 e. The van der Waals surface area contributed by atoms with Crippen molar-refractivity contribution in [1.82, 2.24) is 4.90 Å². The Morgan fingerprint density at radius 1 is 1.07 bits per heavy atom. The molecule has 2 aromatic carbocycles. The van der Waals surface area contributed by atoms with Gasteiger partial charge in [0.2, 0.25) is 11.8 Å². The highest BCUT2D eigenvalue weighted by Crippen LogP contribution is 2.28. The summed E-state index contributed by atoms with van der Waals surface area (Å²) < 4.78 is 5.42. The molecule has 2 aromatic rings. The molecule has 1 aliphatic heterocycles. The molecule has 0 spiro atoms. The van der Waals surface area contributed by atoms with Gasteiger partial charge in [-0.3, -0.25) is 14.4 Å². The molecule has 0 aromatic heterocycles. The second kappa shape index (κ2) is 9.37. The fraction of sp³-hybridized carbons (Fsp3) is 0.348. The average Bonchev–Trinajstić information content (AvgIpc) is 3.03. The van der Waals surface area contributed by atoms with Gasteiger partial charge in [0.1, 0.15) is 11.8 Å². The van der Waals surface area contributed by atoms with Crippen LogP contribution in [0.1, 0.15) is 32.3 Å². The first kappa shape index (κ1) is 20.6. The molecule has 0 saturated carbocycles. The molecule has 1 fully saturated rings. The van der Waals surface area contributed by atoms with Gasteiger partial charge in [0.15, 0.2) is 0 Å². The molecule has 1 saturated heterocycles. The fourth-order valence-electron chi connectivity index (χ4n) is 3.54. The molecule has 29 heavy (non-hydrogen) atoms. The SMILES string of the molecule is CCOc1ccc(N2C(=O)C[C@@H](N(CCc3ccccc3)C(=O)CC)C2=O)cc1. The summed E-state index contributed by atoms with van der Waals surface area (Å²) in [4.78, 5) is 41.0. The standard InChI is InChI=1S/C23H26N2O4/c1-3-21(26)24(15-14-17-8-6-5-7-9-17)20-16-22(27)25(23(20)28)18-10-12-19(13-11-18)29-4-2/h5-13,20H,3-4,14-16H2,1-2H3/t20-/m1/s1. The summed E-state index contributed by atoms with van der Waals surface area (Å²) in [6, 6.07) is 15.9. The van der Waals surface area contributed by atoms with Crippen molar-refractivity contribution in [2.75, 3.05) is 18.1 Å². The molecular weight excluding hydrogens is 368 g/mol. The number of amides is 3. The monoisotopic (exact) mass is 394 g/mol. The van der Waals surface area contributed by atoms with Gasteiger partial charge in [0.25, 0.3) is 5.91 Å². The van der Waals surface area contributed by atoms with Crippen LogP contribution in [0.4, 0.5) is 5.69 Å². The van der Waals surface area contributed by atoms with Gasteiger partial charge in [0.05, 0.1) is 18.7 Å². The summed E-state index contributed by atoms with van der Waals surface area (Å²) in [5.74, 6) is -0.0926. The molecule has 0 radical (unpaired) electrons. The minimum Gasteiger partial charge on any atom is -0.494 e. The van der Waals surface area contributed by atoms with Crippen molar-refractivity contribution >= 4 is 23.4 Å². The van der Waals surface area contributed by atoms with Crippen molar-refractivity contribution in [3.8, 4) is 5.75 Å². The van der Waals surface area contributed by atoms with Crippen LogP contribution in [0.5, 0.6) is 5.75 Å². The highest BCUT2D eigenvalue weighted by atomic mass is 16.5. The number of imide groups is 1. The Kier molecular flexibility index (Phi) is 6.65. The highest BCUT2D eigenvalue weighted by Gasteiger charge is 2.43. The Balaban J connectivity index is 1.77. The van der Waals surface area contributed by atoms with Gasteiger partial charge in [-0.1, -0.05) is 37.3 Å². The minimum absolute atomic E-state index is 0.00652. The summed E-state index contributed by atoms with van der Waals surface area (Å²) in [6.07, 6.45) is 0.927. The van der Waals surface area contributed by atoms with Gasteiger partial charge in [-0.2, -0.15) is 0 Å².